The highest BCUT2D eigenvalue weighted by Gasteiger charge is 2.35. The number of methoxy groups -OCH3 is 1. The maximum atomic E-state index is 12.0. The number of hydrogen-bond donors (Lipinski definition) is 1. The van der Waals surface area contributed by atoms with E-state index in [-0.39, 0.29) is 23.5 Å². The van der Waals surface area contributed by atoms with E-state index >= 15 is 0 Å². The van der Waals surface area contributed by atoms with Gasteiger partial charge in [-0.25, -0.2) is 19.0 Å². The molecule has 2 heterocycles. The number of fused-ring (bicyclic) bond motifs is 1. The highest BCUT2D eigenvalue weighted by Crippen LogP contribution is 2.10. The molecule has 0 radical (unpaired) electrons. The molecule has 1 amide bonds. The van der Waals surface area contributed by atoms with Crippen LogP contribution in [0.3, 0.4) is 0 Å². The van der Waals surface area contributed by atoms with Crippen LogP contribution in [0, 0.1) is 0 Å². The maximum Gasteiger partial charge on any atom is 0.414 e. The minimum atomic E-state index is -0.713. The van der Waals surface area contributed by atoms with Gasteiger partial charge >= 0.3 is 18.0 Å². The molecule has 0 spiro atoms. The van der Waals surface area contributed by atoms with Gasteiger partial charge in [-0.05, 0) is 20.8 Å². The SMILES string of the molecule is COC(=O)C1Cc2c[n+](CC(=O)OC(C)(C)C)cn2C(=O)N1.[Br-]. The molecule has 2 rings (SSSR count). The normalized spacial score (nSPS) is 16.7. The standard InChI is InChI=1S/C14H19N3O5.BrH/c1-14(2,3)22-11(18)7-16-6-9-5-10(12(19)21-4)15-13(20)17(9)8-16;/h6,8,10H,5,7H2,1-4H3;1H. The van der Waals surface area contributed by atoms with Crippen LogP contribution >= 0.6 is 0 Å². The summed E-state index contributed by atoms with van der Waals surface area (Å²) in [7, 11) is 1.27. The second-order valence-corrected chi connectivity index (χ2v) is 6.09. The lowest BCUT2D eigenvalue weighted by atomic mass is 10.1. The highest BCUT2D eigenvalue weighted by atomic mass is 79.9. The number of hydrogen-bond acceptors (Lipinski definition) is 5. The molecule has 1 atom stereocenters. The predicted octanol–water partition coefficient (Wildman–Crippen LogP) is -3.22. The van der Waals surface area contributed by atoms with Crippen LogP contribution in [0.2, 0.25) is 0 Å². The summed E-state index contributed by atoms with van der Waals surface area (Å²) in [5.74, 6) is -0.898. The molecule has 1 aliphatic rings. The number of halogens is 1. The van der Waals surface area contributed by atoms with Crippen molar-refractivity contribution >= 4 is 18.0 Å². The molecule has 1 N–H and O–H groups in total. The van der Waals surface area contributed by atoms with Crippen LogP contribution in [0.15, 0.2) is 12.5 Å². The van der Waals surface area contributed by atoms with Gasteiger partial charge in [-0.1, -0.05) is 0 Å². The van der Waals surface area contributed by atoms with Crippen LogP contribution in [-0.2, 0) is 32.0 Å². The van der Waals surface area contributed by atoms with Crippen molar-refractivity contribution in [1.29, 1.82) is 0 Å². The quantitative estimate of drug-likeness (QED) is 0.433. The number of ether oxygens (including phenoxy) is 2. The van der Waals surface area contributed by atoms with Crippen LogP contribution < -0.4 is 26.9 Å². The lowest BCUT2D eigenvalue weighted by Gasteiger charge is -2.18. The second-order valence-electron chi connectivity index (χ2n) is 6.09. The van der Waals surface area contributed by atoms with Gasteiger partial charge in [0.05, 0.1) is 7.11 Å². The fraction of sp³-hybridized carbons (Fsp3) is 0.571. The molecule has 9 heteroatoms. The van der Waals surface area contributed by atoms with Crippen LogP contribution in [-0.4, -0.2) is 41.3 Å². The molecule has 1 aliphatic heterocycles. The van der Waals surface area contributed by atoms with Gasteiger partial charge in [0, 0.05) is 6.42 Å². The number of nitrogens with one attached hydrogen (secondary N) is 1. The third-order valence-electron chi connectivity index (χ3n) is 3.04. The monoisotopic (exact) mass is 389 g/mol. The molecule has 1 aromatic heterocycles. The largest absolute Gasteiger partial charge is 1.00 e. The summed E-state index contributed by atoms with van der Waals surface area (Å²) in [4.78, 5) is 35.3. The molecule has 0 saturated carbocycles. The molecule has 1 aromatic rings. The highest BCUT2D eigenvalue weighted by molar-refractivity contribution is 5.86. The Bertz CT molecular complexity index is 620. The maximum absolute atomic E-state index is 12.0. The summed E-state index contributed by atoms with van der Waals surface area (Å²) >= 11 is 0. The summed E-state index contributed by atoms with van der Waals surface area (Å²) < 4.78 is 12.8. The van der Waals surface area contributed by atoms with Crippen molar-refractivity contribution in [2.45, 2.75) is 45.4 Å². The summed E-state index contributed by atoms with van der Waals surface area (Å²) in [6.07, 6.45) is 3.46. The third kappa shape index (κ3) is 4.78. The first-order valence-electron chi connectivity index (χ1n) is 6.90. The number of amides is 1. The minimum absolute atomic E-state index is 0. The fourth-order valence-electron chi connectivity index (χ4n) is 2.22. The van der Waals surface area contributed by atoms with E-state index in [9.17, 15) is 14.4 Å². The van der Waals surface area contributed by atoms with E-state index in [1.54, 1.807) is 31.5 Å². The topological polar surface area (TPSA) is 90.5 Å². The molecule has 0 fully saturated rings. The molecule has 0 aliphatic carbocycles. The van der Waals surface area contributed by atoms with E-state index in [2.05, 4.69) is 10.1 Å². The van der Waals surface area contributed by atoms with Gasteiger partial charge in [0.25, 0.3) is 6.33 Å². The molecule has 0 aromatic carbocycles. The molecule has 128 valence electrons. The van der Waals surface area contributed by atoms with Gasteiger partial charge < -0.3 is 31.8 Å². The molecule has 23 heavy (non-hydrogen) atoms. The molecule has 0 saturated heterocycles. The van der Waals surface area contributed by atoms with E-state index in [0.717, 1.165) is 0 Å². The number of carbonyl (C=O) groups is 3. The Morgan fingerprint density at radius 1 is 1.43 bits per heavy atom. The van der Waals surface area contributed by atoms with E-state index in [1.165, 1.54) is 18.0 Å². The van der Waals surface area contributed by atoms with Crippen molar-refractivity contribution in [3.63, 3.8) is 0 Å². The average molecular weight is 390 g/mol. The fourth-order valence-corrected chi connectivity index (χ4v) is 2.22. The third-order valence-corrected chi connectivity index (χ3v) is 3.04. The van der Waals surface area contributed by atoms with Crippen LogP contribution in [0.25, 0.3) is 0 Å². The summed E-state index contributed by atoms with van der Waals surface area (Å²) in [5.41, 5.74) is 0.0624. The van der Waals surface area contributed by atoms with Gasteiger partial charge in [0.15, 0.2) is 12.2 Å². The predicted molar refractivity (Wildman–Crippen MR) is 73.9 cm³/mol. The number of nitrogens with zero attached hydrogens (tertiary/aromatic N) is 2. The Morgan fingerprint density at radius 2 is 2.09 bits per heavy atom. The van der Waals surface area contributed by atoms with Crippen molar-refractivity contribution in [3.05, 3.63) is 18.2 Å². The van der Waals surface area contributed by atoms with E-state index in [4.69, 9.17) is 4.74 Å². The lowest BCUT2D eigenvalue weighted by molar-refractivity contribution is -0.685. The van der Waals surface area contributed by atoms with Crippen LogP contribution in [0.4, 0.5) is 4.79 Å². The summed E-state index contributed by atoms with van der Waals surface area (Å²) in [5, 5.41) is 2.55. The molecular formula is C14H20BrN3O5. The smallest absolute Gasteiger partial charge is 0.414 e. The Kier molecular flexibility index (Phi) is 5.92. The second kappa shape index (κ2) is 7.12. The zero-order valence-corrected chi connectivity index (χ0v) is 15.0. The van der Waals surface area contributed by atoms with E-state index in [0.29, 0.717) is 12.1 Å². The first kappa shape index (κ1) is 19.1. The van der Waals surface area contributed by atoms with Crippen molar-refractivity contribution in [2.75, 3.05) is 7.11 Å². The number of esters is 2. The Labute approximate surface area is 144 Å². The minimum Gasteiger partial charge on any atom is -1.00 e. The van der Waals surface area contributed by atoms with E-state index in [1.807, 2.05) is 0 Å². The number of carbonyl (C=O) groups excluding carboxylic acids is 3. The zero-order valence-electron chi connectivity index (χ0n) is 13.5. The van der Waals surface area contributed by atoms with Crippen molar-refractivity contribution in [2.24, 2.45) is 0 Å². The zero-order chi connectivity index (χ0) is 16.5. The molecule has 0 bridgehead atoms. The van der Waals surface area contributed by atoms with Gasteiger partial charge in [-0.3, -0.25) is 0 Å². The number of imidazole rings is 1. The summed E-state index contributed by atoms with van der Waals surface area (Å²) in [6, 6.07) is -1.14. The van der Waals surface area contributed by atoms with Crippen molar-refractivity contribution in [1.82, 2.24) is 9.88 Å². The van der Waals surface area contributed by atoms with Gasteiger partial charge in [-0.15, -0.1) is 4.57 Å². The summed E-state index contributed by atoms with van der Waals surface area (Å²) in [6.45, 7) is 5.35. The van der Waals surface area contributed by atoms with E-state index < -0.39 is 29.6 Å². The van der Waals surface area contributed by atoms with Crippen molar-refractivity contribution in [3.8, 4) is 0 Å². The van der Waals surface area contributed by atoms with Gasteiger partial charge in [0.1, 0.15) is 17.8 Å². The number of rotatable bonds is 3. The van der Waals surface area contributed by atoms with Gasteiger partial charge in [0.2, 0.25) is 0 Å². The first-order chi connectivity index (χ1) is 10.2. The number of aromatic nitrogens is 2. The lowest BCUT2D eigenvalue weighted by Crippen LogP contribution is -3.00. The van der Waals surface area contributed by atoms with Crippen molar-refractivity contribution < 1.29 is 45.4 Å². The Hall–Kier alpha value is -1.90. The molecular weight excluding hydrogens is 370 g/mol. The first-order valence-corrected chi connectivity index (χ1v) is 6.90. The molecule has 1 unspecified atom stereocenters. The van der Waals surface area contributed by atoms with Gasteiger partial charge in [-0.2, -0.15) is 0 Å². The van der Waals surface area contributed by atoms with Crippen LogP contribution in [0.1, 0.15) is 26.5 Å². The molecule has 8 nitrogen and oxygen atoms in total. The average Bonchev–Trinajstić information content (AvgIpc) is 2.78. The van der Waals surface area contributed by atoms with Crippen LogP contribution in [0.5, 0.6) is 0 Å². The Morgan fingerprint density at radius 3 is 2.65 bits per heavy atom. The Balaban J connectivity index is 0.00000264.